The Morgan fingerprint density at radius 1 is 1.35 bits per heavy atom. The maximum Gasteiger partial charge on any atom is 0.407 e. The lowest BCUT2D eigenvalue weighted by atomic mass is 10.0. The third-order valence-corrected chi connectivity index (χ3v) is 2.72. The molecule has 0 unspecified atom stereocenters. The molecule has 1 amide bonds. The van der Waals surface area contributed by atoms with E-state index in [1.165, 1.54) is 0 Å². The Labute approximate surface area is 120 Å². The first-order valence-electron chi connectivity index (χ1n) is 6.86. The fraction of sp³-hybridized carbons (Fsp3) is 0.438. The predicted octanol–water partition coefficient (Wildman–Crippen LogP) is 2.88. The molecule has 4 nitrogen and oxygen atoms in total. The van der Waals surface area contributed by atoms with E-state index >= 15 is 0 Å². The summed E-state index contributed by atoms with van der Waals surface area (Å²) in [5.74, 6) is 0.442. The van der Waals surface area contributed by atoms with E-state index in [1.54, 1.807) is 12.2 Å². The van der Waals surface area contributed by atoms with Crippen molar-refractivity contribution in [3.05, 3.63) is 48.0 Å². The second-order valence-electron chi connectivity index (χ2n) is 5.05. The zero-order valence-corrected chi connectivity index (χ0v) is 12.1. The van der Waals surface area contributed by atoms with Gasteiger partial charge in [-0.25, -0.2) is 4.79 Å². The van der Waals surface area contributed by atoms with Crippen LogP contribution in [-0.4, -0.2) is 23.8 Å². The Hall–Kier alpha value is -1.81. The number of alkyl carbamates (subject to hydrolysis) is 1. The molecule has 0 bridgehead atoms. The van der Waals surface area contributed by atoms with Crippen LogP contribution in [0, 0.1) is 5.92 Å². The molecule has 0 aliphatic carbocycles. The lowest BCUT2D eigenvalue weighted by Crippen LogP contribution is -2.34. The van der Waals surface area contributed by atoms with Gasteiger partial charge in [0.15, 0.2) is 0 Å². The van der Waals surface area contributed by atoms with Gasteiger partial charge < -0.3 is 15.2 Å². The first-order valence-corrected chi connectivity index (χ1v) is 6.86. The summed E-state index contributed by atoms with van der Waals surface area (Å²) in [4.78, 5) is 11.7. The summed E-state index contributed by atoms with van der Waals surface area (Å²) >= 11 is 0. The molecule has 0 fully saturated rings. The highest BCUT2D eigenvalue weighted by molar-refractivity contribution is 5.67. The molecule has 1 aromatic rings. The van der Waals surface area contributed by atoms with E-state index in [0.717, 1.165) is 12.0 Å². The quantitative estimate of drug-likeness (QED) is 0.753. The maximum atomic E-state index is 11.7. The third-order valence-electron chi connectivity index (χ3n) is 2.72. The van der Waals surface area contributed by atoms with Crippen molar-refractivity contribution < 1.29 is 14.6 Å². The van der Waals surface area contributed by atoms with E-state index in [4.69, 9.17) is 9.84 Å². The van der Waals surface area contributed by atoms with E-state index in [-0.39, 0.29) is 19.3 Å². The number of aliphatic hydroxyl groups is 1. The number of hydrogen-bond acceptors (Lipinski definition) is 3. The smallest absolute Gasteiger partial charge is 0.407 e. The normalized spacial score (nSPS) is 12.6. The van der Waals surface area contributed by atoms with Crippen LogP contribution < -0.4 is 5.32 Å². The van der Waals surface area contributed by atoms with Gasteiger partial charge in [0.05, 0.1) is 12.6 Å². The third kappa shape index (κ3) is 6.95. The highest BCUT2D eigenvalue weighted by Gasteiger charge is 2.12. The summed E-state index contributed by atoms with van der Waals surface area (Å²) in [6.45, 7) is 4.38. The van der Waals surface area contributed by atoms with E-state index in [0.29, 0.717) is 5.92 Å². The summed E-state index contributed by atoms with van der Waals surface area (Å²) < 4.78 is 5.17. The van der Waals surface area contributed by atoms with E-state index in [2.05, 4.69) is 19.2 Å². The number of benzene rings is 1. The Bertz CT molecular complexity index is 415. The molecule has 20 heavy (non-hydrogen) atoms. The van der Waals surface area contributed by atoms with Gasteiger partial charge in [0.25, 0.3) is 0 Å². The van der Waals surface area contributed by atoms with Crippen molar-refractivity contribution in [2.75, 3.05) is 6.61 Å². The van der Waals surface area contributed by atoms with Gasteiger partial charge in [-0.05, 0) is 17.9 Å². The lowest BCUT2D eigenvalue weighted by molar-refractivity contribution is 0.136. The SMILES string of the molecule is CC(C)C[C@@H](/C=C\CO)NC(=O)OCc1ccccc1. The van der Waals surface area contributed by atoms with Crippen LogP contribution in [0.1, 0.15) is 25.8 Å². The number of rotatable bonds is 7. The van der Waals surface area contributed by atoms with Gasteiger partial charge in [0.1, 0.15) is 6.61 Å². The molecule has 0 saturated heterocycles. The van der Waals surface area contributed by atoms with Crippen LogP contribution in [0.4, 0.5) is 4.79 Å². The Morgan fingerprint density at radius 3 is 2.65 bits per heavy atom. The molecule has 1 aromatic carbocycles. The van der Waals surface area contributed by atoms with Crippen LogP contribution in [0.25, 0.3) is 0 Å². The molecule has 0 heterocycles. The summed E-state index contributed by atoms with van der Waals surface area (Å²) in [5.41, 5.74) is 0.953. The largest absolute Gasteiger partial charge is 0.445 e. The van der Waals surface area contributed by atoms with Crippen molar-refractivity contribution in [1.82, 2.24) is 5.32 Å². The molecule has 110 valence electrons. The van der Waals surface area contributed by atoms with E-state index in [9.17, 15) is 4.79 Å². The highest BCUT2D eigenvalue weighted by atomic mass is 16.5. The van der Waals surface area contributed by atoms with Crippen LogP contribution in [0.3, 0.4) is 0 Å². The van der Waals surface area contributed by atoms with E-state index < -0.39 is 6.09 Å². The van der Waals surface area contributed by atoms with Gasteiger partial charge >= 0.3 is 6.09 Å². The number of nitrogens with one attached hydrogen (secondary N) is 1. The summed E-state index contributed by atoms with van der Waals surface area (Å²) in [7, 11) is 0. The van der Waals surface area contributed by atoms with Gasteiger partial charge in [-0.1, -0.05) is 56.3 Å². The maximum absolute atomic E-state index is 11.7. The second kappa shape index (κ2) is 9.15. The summed E-state index contributed by atoms with van der Waals surface area (Å²) in [6, 6.07) is 9.42. The minimum absolute atomic E-state index is 0.0324. The molecule has 0 radical (unpaired) electrons. The van der Waals surface area contributed by atoms with Crippen LogP contribution in [-0.2, 0) is 11.3 Å². The number of hydrogen-bond donors (Lipinski definition) is 2. The molecule has 0 spiro atoms. The monoisotopic (exact) mass is 277 g/mol. The number of amides is 1. The Kier molecular flexibility index (Phi) is 7.43. The first kappa shape index (κ1) is 16.2. The summed E-state index contributed by atoms with van der Waals surface area (Å²) in [5, 5.41) is 11.6. The number of aliphatic hydroxyl groups excluding tert-OH is 1. The van der Waals surface area contributed by atoms with Crippen molar-refractivity contribution in [2.45, 2.75) is 32.9 Å². The van der Waals surface area contributed by atoms with Crippen LogP contribution in [0.2, 0.25) is 0 Å². The van der Waals surface area contributed by atoms with Gasteiger partial charge in [-0.15, -0.1) is 0 Å². The zero-order valence-electron chi connectivity index (χ0n) is 12.1. The van der Waals surface area contributed by atoms with Crippen molar-refractivity contribution in [1.29, 1.82) is 0 Å². The molecule has 4 heteroatoms. The summed E-state index contributed by atoms with van der Waals surface area (Å²) in [6.07, 6.45) is 3.78. The van der Waals surface area contributed by atoms with Gasteiger partial charge in [0.2, 0.25) is 0 Å². The average molecular weight is 277 g/mol. The Morgan fingerprint density at radius 2 is 2.05 bits per heavy atom. The van der Waals surface area contributed by atoms with Crippen molar-refractivity contribution in [3.8, 4) is 0 Å². The molecule has 0 aromatic heterocycles. The van der Waals surface area contributed by atoms with Gasteiger partial charge in [-0.2, -0.15) is 0 Å². The van der Waals surface area contributed by atoms with Crippen LogP contribution in [0.15, 0.2) is 42.5 Å². The van der Waals surface area contributed by atoms with Crippen LogP contribution in [0.5, 0.6) is 0 Å². The lowest BCUT2D eigenvalue weighted by Gasteiger charge is -2.17. The molecule has 2 N–H and O–H groups in total. The molecular formula is C16H23NO3. The second-order valence-corrected chi connectivity index (χ2v) is 5.05. The fourth-order valence-corrected chi connectivity index (χ4v) is 1.83. The standard InChI is InChI=1S/C16H23NO3/c1-13(2)11-15(9-6-10-18)17-16(19)20-12-14-7-4-3-5-8-14/h3-9,13,15,18H,10-12H2,1-2H3,(H,17,19)/b9-6-/t15-/m1/s1. The number of ether oxygens (including phenoxy) is 1. The average Bonchev–Trinajstić information content (AvgIpc) is 2.43. The fourth-order valence-electron chi connectivity index (χ4n) is 1.83. The molecule has 0 aliphatic rings. The van der Waals surface area contributed by atoms with Crippen molar-refractivity contribution in [2.24, 2.45) is 5.92 Å². The van der Waals surface area contributed by atoms with Crippen molar-refractivity contribution in [3.63, 3.8) is 0 Å². The first-order chi connectivity index (χ1) is 9.61. The topological polar surface area (TPSA) is 58.6 Å². The Balaban J connectivity index is 2.42. The molecule has 0 saturated carbocycles. The zero-order chi connectivity index (χ0) is 14.8. The molecular weight excluding hydrogens is 254 g/mol. The number of carbonyl (C=O) groups excluding carboxylic acids is 1. The van der Waals surface area contributed by atoms with Crippen LogP contribution >= 0.6 is 0 Å². The predicted molar refractivity (Wildman–Crippen MR) is 79.2 cm³/mol. The van der Waals surface area contributed by atoms with Gasteiger partial charge in [-0.3, -0.25) is 0 Å². The molecule has 1 rings (SSSR count). The van der Waals surface area contributed by atoms with Crippen molar-refractivity contribution >= 4 is 6.09 Å². The van der Waals surface area contributed by atoms with E-state index in [1.807, 2.05) is 30.3 Å². The molecule has 1 atom stereocenters. The van der Waals surface area contributed by atoms with Gasteiger partial charge in [0, 0.05) is 0 Å². The molecule has 0 aliphatic heterocycles. The number of carbonyl (C=O) groups is 1. The highest BCUT2D eigenvalue weighted by Crippen LogP contribution is 2.07. The minimum Gasteiger partial charge on any atom is -0.445 e. The minimum atomic E-state index is -0.443.